The lowest BCUT2D eigenvalue weighted by Crippen LogP contribution is -2.32. The fourth-order valence-corrected chi connectivity index (χ4v) is 2.59. The number of anilines is 1. The summed E-state index contributed by atoms with van der Waals surface area (Å²) in [6.07, 6.45) is 0.356. The van der Waals surface area contributed by atoms with Gasteiger partial charge in [-0.2, -0.15) is 0 Å². The zero-order chi connectivity index (χ0) is 15.2. The Labute approximate surface area is 126 Å². The summed E-state index contributed by atoms with van der Waals surface area (Å²) in [5.74, 6) is 0.332. The molecule has 0 saturated carbocycles. The van der Waals surface area contributed by atoms with Crippen LogP contribution in [0.3, 0.4) is 0 Å². The van der Waals surface area contributed by atoms with Crippen LogP contribution >= 0.6 is 11.3 Å². The van der Waals surface area contributed by atoms with Gasteiger partial charge in [-0.1, -0.05) is 18.3 Å². The number of carbonyl (C=O) groups is 2. The average molecular weight is 307 g/mol. The summed E-state index contributed by atoms with van der Waals surface area (Å²) >= 11 is 1.37. The molecule has 1 aromatic heterocycles. The standard InChI is InChI=1S/C14H17N3O3S/c1-3-12(18)15-8-13(19)17-14-16-10-6-5-9(20-4-2)7-11(10)21-14/h5-7H,3-4,8H2,1-2H3,(H,15,18)(H,16,17,19). The number of hydrogen-bond acceptors (Lipinski definition) is 5. The monoisotopic (exact) mass is 307 g/mol. The van der Waals surface area contributed by atoms with Crippen LogP contribution in [0.5, 0.6) is 5.75 Å². The Morgan fingerprint density at radius 3 is 2.81 bits per heavy atom. The largest absolute Gasteiger partial charge is 0.494 e. The Hall–Kier alpha value is -2.15. The number of ether oxygens (including phenoxy) is 1. The van der Waals surface area contributed by atoms with Gasteiger partial charge in [-0.3, -0.25) is 9.59 Å². The molecule has 0 atom stereocenters. The first-order valence-electron chi connectivity index (χ1n) is 6.72. The molecule has 7 heteroatoms. The molecule has 0 bridgehead atoms. The van der Waals surface area contributed by atoms with E-state index in [2.05, 4.69) is 15.6 Å². The predicted octanol–water partition coefficient (Wildman–Crippen LogP) is 2.16. The van der Waals surface area contributed by atoms with E-state index in [1.165, 1.54) is 11.3 Å². The molecule has 0 fully saturated rings. The van der Waals surface area contributed by atoms with E-state index in [0.717, 1.165) is 16.0 Å². The first kappa shape index (κ1) is 15.2. The highest BCUT2D eigenvalue weighted by Gasteiger charge is 2.09. The molecule has 0 unspecified atom stereocenters. The van der Waals surface area contributed by atoms with Gasteiger partial charge in [0.2, 0.25) is 11.8 Å². The molecule has 6 nitrogen and oxygen atoms in total. The van der Waals surface area contributed by atoms with Crippen molar-refractivity contribution in [1.29, 1.82) is 0 Å². The number of benzene rings is 1. The van der Waals surface area contributed by atoms with Crippen molar-refractivity contribution < 1.29 is 14.3 Å². The van der Waals surface area contributed by atoms with Gasteiger partial charge < -0.3 is 15.4 Å². The van der Waals surface area contributed by atoms with Crippen LogP contribution in [0.4, 0.5) is 5.13 Å². The number of nitrogens with one attached hydrogen (secondary N) is 2. The summed E-state index contributed by atoms with van der Waals surface area (Å²) in [6.45, 7) is 4.21. The van der Waals surface area contributed by atoms with Gasteiger partial charge in [0.1, 0.15) is 5.75 Å². The van der Waals surface area contributed by atoms with Gasteiger partial charge >= 0.3 is 0 Å². The van der Waals surface area contributed by atoms with Crippen LogP contribution in [0.25, 0.3) is 10.2 Å². The Bertz CT molecular complexity index is 654. The third kappa shape index (κ3) is 4.16. The van der Waals surface area contributed by atoms with Gasteiger partial charge in [0.05, 0.1) is 23.4 Å². The average Bonchev–Trinajstić information content (AvgIpc) is 2.86. The van der Waals surface area contributed by atoms with Crippen LogP contribution in [-0.4, -0.2) is 29.9 Å². The molecule has 1 heterocycles. The Kier molecular flexibility index (Phi) is 5.10. The molecule has 0 aliphatic carbocycles. The zero-order valence-corrected chi connectivity index (χ0v) is 12.8. The number of nitrogens with zero attached hydrogens (tertiary/aromatic N) is 1. The van der Waals surface area contributed by atoms with Crippen LogP contribution < -0.4 is 15.4 Å². The molecule has 112 valence electrons. The summed E-state index contributed by atoms with van der Waals surface area (Å²) < 4.78 is 6.36. The van der Waals surface area contributed by atoms with Crippen molar-refractivity contribution in [3.05, 3.63) is 18.2 Å². The topological polar surface area (TPSA) is 80.3 Å². The Morgan fingerprint density at radius 1 is 1.29 bits per heavy atom. The maximum Gasteiger partial charge on any atom is 0.245 e. The first-order chi connectivity index (χ1) is 10.1. The number of fused-ring (bicyclic) bond motifs is 1. The van der Waals surface area contributed by atoms with E-state index in [4.69, 9.17) is 4.74 Å². The highest BCUT2D eigenvalue weighted by molar-refractivity contribution is 7.22. The predicted molar refractivity (Wildman–Crippen MR) is 82.7 cm³/mol. The molecule has 2 aromatic rings. The van der Waals surface area contributed by atoms with E-state index in [9.17, 15) is 9.59 Å². The van der Waals surface area contributed by atoms with Crippen molar-refractivity contribution in [2.24, 2.45) is 0 Å². The maximum atomic E-state index is 11.7. The van der Waals surface area contributed by atoms with E-state index < -0.39 is 0 Å². The highest BCUT2D eigenvalue weighted by atomic mass is 32.1. The van der Waals surface area contributed by atoms with Crippen LogP contribution in [0, 0.1) is 0 Å². The number of amides is 2. The maximum absolute atomic E-state index is 11.7. The van der Waals surface area contributed by atoms with Gasteiger partial charge in [-0.25, -0.2) is 4.98 Å². The summed E-state index contributed by atoms with van der Waals surface area (Å²) in [5.41, 5.74) is 0.802. The second-order valence-corrected chi connectivity index (χ2v) is 5.29. The summed E-state index contributed by atoms with van der Waals surface area (Å²) in [4.78, 5) is 27.1. The van der Waals surface area contributed by atoms with E-state index in [1.54, 1.807) is 6.92 Å². The van der Waals surface area contributed by atoms with Crippen molar-refractivity contribution in [3.8, 4) is 5.75 Å². The fraction of sp³-hybridized carbons (Fsp3) is 0.357. The number of aromatic nitrogens is 1. The lowest BCUT2D eigenvalue weighted by atomic mass is 10.3. The Morgan fingerprint density at radius 2 is 2.10 bits per heavy atom. The number of thiazole rings is 1. The van der Waals surface area contributed by atoms with Crippen molar-refractivity contribution in [2.45, 2.75) is 20.3 Å². The minimum atomic E-state index is -0.291. The highest BCUT2D eigenvalue weighted by Crippen LogP contribution is 2.29. The van der Waals surface area contributed by atoms with Crippen molar-refractivity contribution in [2.75, 3.05) is 18.5 Å². The molecule has 1 aromatic carbocycles. The summed E-state index contributed by atoms with van der Waals surface area (Å²) in [7, 11) is 0. The minimum absolute atomic E-state index is 0.0488. The molecular formula is C14H17N3O3S. The van der Waals surface area contributed by atoms with E-state index >= 15 is 0 Å². The lowest BCUT2D eigenvalue weighted by Gasteiger charge is -2.02. The van der Waals surface area contributed by atoms with E-state index in [-0.39, 0.29) is 18.4 Å². The zero-order valence-electron chi connectivity index (χ0n) is 11.9. The van der Waals surface area contributed by atoms with Gasteiger partial charge in [-0.05, 0) is 25.1 Å². The third-order valence-corrected chi connectivity index (χ3v) is 3.62. The van der Waals surface area contributed by atoms with Gasteiger partial charge in [-0.15, -0.1) is 0 Å². The van der Waals surface area contributed by atoms with E-state index in [1.807, 2.05) is 25.1 Å². The normalized spacial score (nSPS) is 10.4. The lowest BCUT2D eigenvalue weighted by molar-refractivity contribution is -0.123. The fourth-order valence-electron chi connectivity index (χ4n) is 1.68. The van der Waals surface area contributed by atoms with Crippen molar-refractivity contribution in [3.63, 3.8) is 0 Å². The second-order valence-electron chi connectivity index (χ2n) is 4.26. The van der Waals surface area contributed by atoms with Crippen molar-refractivity contribution >= 4 is 38.5 Å². The van der Waals surface area contributed by atoms with Crippen LogP contribution in [0.1, 0.15) is 20.3 Å². The number of carbonyl (C=O) groups excluding carboxylic acids is 2. The Balaban J connectivity index is 2.02. The SMILES string of the molecule is CCOc1ccc2nc(NC(=O)CNC(=O)CC)sc2c1. The molecule has 0 saturated heterocycles. The molecule has 2 amide bonds. The molecular weight excluding hydrogens is 290 g/mol. The van der Waals surface area contributed by atoms with Crippen LogP contribution in [0.2, 0.25) is 0 Å². The molecule has 0 radical (unpaired) electrons. The third-order valence-electron chi connectivity index (χ3n) is 2.68. The second kappa shape index (κ2) is 7.03. The van der Waals surface area contributed by atoms with Crippen LogP contribution in [-0.2, 0) is 9.59 Å². The first-order valence-corrected chi connectivity index (χ1v) is 7.54. The summed E-state index contributed by atoms with van der Waals surface area (Å²) in [6, 6.07) is 5.59. The van der Waals surface area contributed by atoms with Crippen LogP contribution in [0.15, 0.2) is 18.2 Å². The molecule has 21 heavy (non-hydrogen) atoms. The van der Waals surface area contributed by atoms with Gasteiger partial charge in [0.25, 0.3) is 0 Å². The van der Waals surface area contributed by atoms with Gasteiger partial charge in [0, 0.05) is 6.42 Å². The number of hydrogen-bond donors (Lipinski definition) is 2. The summed E-state index contributed by atoms with van der Waals surface area (Å²) in [5, 5.41) is 5.70. The molecule has 2 rings (SSSR count). The molecule has 0 aliphatic heterocycles. The molecule has 0 aliphatic rings. The van der Waals surface area contributed by atoms with Crippen molar-refractivity contribution in [1.82, 2.24) is 10.3 Å². The van der Waals surface area contributed by atoms with E-state index in [0.29, 0.717) is 18.2 Å². The number of rotatable bonds is 6. The molecule has 2 N–H and O–H groups in total. The van der Waals surface area contributed by atoms with Gasteiger partial charge in [0.15, 0.2) is 5.13 Å². The quantitative estimate of drug-likeness (QED) is 0.857. The minimum Gasteiger partial charge on any atom is -0.494 e. The smallest absolute Gasteiger partial charge is 0.245 e. The molecule has 0 spiro atoms.